The molecular weight excluding hydrogens is 332 g/mol. The van der Waals surface area contributed by atoms with Gasteiger partial charge in [-0.3, -0.25) is 9.69 Å². The van der Waals surface area contributed by atoms with Crippen LogP contribution in [0.2, 0.25) is 0 Å². The molecule has 1 heterocycles. The molecule has 0 spiro atoms. The fraction of sp³-hybridized carbons (Fsp3) is 0.208. The zero-order valence-electron chi connectivity index (χ0n) is 15.7. The summed E-state index contributed by atoms with van der Waals surface area (Å²) in [6, 6.07) is 31.5. The smallest absolute Gasteiger partial charge is 0.238 e. The van der Waals surface area contributed by atoms with Gasteiger partial charge < -0.3 is 5.32 Å². The Kier molecular flexibility index (Phi) is 4.54. The van der Waals surface area contributed by atoms with Gasteiger partial charge in [0.1, 0.15) is 6.04 Å². The largest absolute Gasteiger partial charge is 0.358 e. The number of nitrogens with one attached hydrogen (secondary N) is 1. The number of carbonyl (C=O) groups is 1. The van der Waals surface area contributed by atoms with Gasteiger partial charge in [-0.1, -0.05) is 91.0 Å². The molecule has 136 valence electrons. The molecule has 1 aliphatic rings. The van der Waals surface area contributed by atoms with Gasteiger partial charge in [-0.2, -0.15) is 0 Å². The molecule has 0 aromatic heterocycles. The third-order valence-corrected chi connectivity index (χ3v) is 5.58. The fourth-order valence-corrected chi connectivity index (χ4v) is 4.34. The fourth-order valence-electron chi connectivity index (χ4n) is 4.34. The van der Waals surface area contributed by atoms with Crippen LogP contribution in [0.5, 0.6) is 0 Å². The van der Waals surface area contributed by atoms with E-state index in [2.05, 4.69) is 89.9 Å². The van der Waals surface area contributed by atoms with E-state index in [0.717, 1.165) is 0 Å². The first-order chi connectivity index (χ1) is 13.2. The first-order valence-corrected chi connectivity index (χ1v) is 9.38. The molecule has 1 aliphatic heterocycles. The van der Waals surface area contributed by atoms with Gasteiger partial charge >= 0.3 is 0 Å². The van der Waals surface area contributed by atoms with E-state index in [1.54, 1.807) is 7.05 Å². The van der Waals surface area contributed by atoms with Crippen LogP contribution in [0, 0.1) is 0 Å². The number of benzene rings is 3. The lowest BCUT2D eigenvalue weighted by molar-refractivity contribution is -0.121. The monoisotopic (exact) mass is 356 g/mol. The lowest BCUT2D eigenvalue weighted by Gasteiger charge is -2.38. The first-order valence-electron chi connectivity index (χ1n) is 9.38. The Labute approximate surface area is 160 Å². The summed E-state index contributed by atoms with van der Waals surface area (Å²) in [4.78, 5) is 14.9. The number of likely N-dealkylation sites (N-methyl/N-ethyl adjacent to an activating group) is 1. The van der Waals surface area contributed by atoms with Crippen molar-refractivity contribution in [2.45, 2.75) is 24.5 Å². The number of carbonyl (C=O) groups excluding carboxylic acids is 1. The van der Waals surface area contributed by atoms with Crippen LogP contribution in [0.4, 0.5) is 0 Å². The highest BCUT2D eigenvalue weighted by Crippen LogP contribution is 2.51. The normalized spacial score (nSPS) is 21.5. The lowest BCUT2D eigenvalue weighted by Crippen LogP contribution is -2.41. The Balaban J connectivity index is 2.01. The molecule has 1 unspecified atom stereocenters. The van der Waals surface area contributed by atoms with Crippen molar-refractivity contribution in [2.24, 2.45) is 0 Å². The third kappa shape index (κ3) is 2.75. The van der Waals surface area contributed by atoms with Crippen LogP contribution in [0.25, 0.3) is 0 Å². The zero-order valence-corrected chi connectivity index (χ0v) is 15.7. The predicted molar refractivity (Wildman–Crippen MR) is 108 cm³/mol. The summed E-state index contributed by atoms with van der Waals surface area (Å²) < 4.78 is 0. The summed E-state index contributed by atoms with van der Waals surface area (Å²) in [7, 11) is 1.71. The molecule has 0 aliphatic carbocycles. The summed E-state index contributed by atoms with van der Waals surface area (Å²) in [5.74, 6) is 0.0645. The highest BCUT2D eigenvalue weighted by atomic mass is 16.2. The maximum Gasteiger partial charge on any atom is 0.238 e. The van der Waals surface area contributed by atoms with E-state index in [4.69, 9.17) is 0 Å². The van der Waals surface area contributed by atoms with E-state index in [1.165, 1.54) is 16.7 Å². The summed E-state index contributed by atoms with van der Waals surface area (Å²) in [5.41, 5.74) is 2.99. The summed E-state index contributed by atoms with van der Waals surface area (Å²) in [6.45, 7) is 2.13. The van der Waals surface area contributed by atoms with E-state index >= 15 is 0 Å². The van der Waals surface area contributed by atoms with Gasteiger partial charge in [0.05, 0.1) is 5.54 Å². The molecule has 3 atom stereocenters. The van der Waals surface area contributed by atoms with Crippen molar-refractivity contribution in [2.75, 3.05) is 7.05 Å². The minimum absolute atomic E-state index is 0.0645. The van der Waals surface area contributed by atoms with E-state index in [1.807, 2.05) is 18.2 Å². The Morgan fingerprint density at radius 1 is 0.778 bits per heavy atom. The SMILES string of the molecule is CNC(=O)[C@@H]1[C@H](C)N1C(c1ccccc1)(c1ccccc1)c1ccccc1. The maximum atomic E-state index is 12.6. The molecule has 3 nitrogen and oxygen atoms in total. The molecule has 1 saturated heterocycles. The van der Waals surface area contributed by atoms with Gasteiger partial charge in [0, 0.05) is 13.1 Å². The van der Waals surface area contributed by atoms with Crippen molar-refractivity contribution >= 4 is 5.91 Å². The molecule has 1 amide bonds. The van der Waals surface area contributed by atoms with Crippen molar-refractivity contribution in [1.82, 2.24) is 10.2 Å². The van der Waals surface area contributed by atoms with Gasteiger partial charge in [0.2, 0.25) is 5.91 Å². The average Bonchev–Trinajstić information content (AvgIpc) is 3.41. The van der Waals surface area contributed by atoms with Crippen LogP contribution < -0.4 is 5.32 Å². The second-order valence-electron chi connectivity index (χ2n) is 7.02. The molecule has 3 aromatic carbocycles. The van der Waals surface area contributed by atoms with Crippen molar-refractivity contribution in [3.05, 3.63) is 108 Å². The Morgan fingerprint density at radius 3 is 1.48 bits per heavy atom. The van der Waals surface area contributed by atoms with Crippen LogP contribution in [-0.2, 0) is 10.3 Å². The average molecular weight is 356 g/mol. The Morgan fingerprint density at radius 2 is 1.15 bits per heavy atom. The molecule has 27 heavy (non-hydrogen) atoms. The number of rotatable bonds is 5. The van der Waals surface area contributed by atoms with Crippen molar-refractivity contribution in [3.8, 4) is 0 Å². The topological polar surface area (TPSA) is 32.1 Å². The van der Waals surface area contributed by atoms with Crippen molar-refractivity contribution < 1.29 is 4.79 Å². The summed E-state index contributed by atoms with van der Waals surface area (Å²) >= 11 is 0. The lowest BCUT2D eigenvalue weighted by atomic mass is 9.76. The van der Waals surface area contributed by atoms with E-state index < -0.39 is 5.54 Å². The van der Waals surface area contributed by atoms with E-state index in [0.29, 0.717) is 0 Å². The second kappa shape index (κ2) is 7.01. The quantitative estimate of drug-likeness (QED) is 0.557. The van der Waals surface area contributed by atoms with Gasteiger partial charge in [-0.25, -0.2) is 0 Å². The molecule has 3 aromatic rings. The van der Waals surface area contributed by atoms with Crippen LogP contribution in [0.15, 0.2) is 91.0 Å². The van der Waals surface area contributed by atoms with Crippen LogP contribution in [0.1, 0.15) is 23.6 Å². The second-order valence-corrected chi connectivity index (χ2v) is 7.02. The van der Waals surface area contributed by atoms with Gasteiger partial charge in [0.25, 0.3) is 0 Å². The molecule has 4 rings (SSSR count). The molecule has 1 N–H and O–H groups in total. The minimum Gasteiger partial charge on any atom is -0.358 e. The molecule has 0 saturated carbocycles. The molecular formula is C24H24N2O. The summed E-state index contributed by atoms with van der Waals surface area (Å²) in [6.07, 6.45) is 0. The van der Waals surface area contributed by atoms with Gasteiger partial charge in [-0.15, -0.1) is 0 Å². The number of hydrogen-bond acceptors (Lipinski definition) is 2. The predicted octanol–water partition coefficient (Wildman–Crippen LogP) is 3.80. The standard InChI is InChI=1S/C24H24N2O/c1-18-22(23(27)25-2)26(18)24(19-12-6-3-7-13-19,20-14-8-4-9-15-20)21-16-10-5-11-17-21/h3-18,22H,1-2H3,(H,25,27)/t18-,22-,26?/m0/s1. The number of nitrogens with zero attached hydrogens (tertiary/aromatic N) is 1. The van der Waals surface area contributed by atoms with Crippen molar-refractivity contribution in [1.29, 1.82) is 0 Å². The Hall–Kier alpha value is -2.91. The van der Waals surface area contributed by atoms with Crippen molar-refractivity contribution in [3.63, 3.8) is 0 Å². The summed E-state index contributed by atoms with van der Waals surface area (Å²) in [5, 5.41) is 2.83. The molecule has 3 heteroatoms. The Bertz CT molecular complexity index is 812. The molecule has 0 bridgehead atoms. The molecule has 1 fully saturated rings. The van der Waals surface area contributed by atoms with E-state index in [9.17, 15) is 4.79 Å². The van der Waals surface area contributed by atoms with Crippen LogP contribution >= 0.6 is 0 Å². The highest BCUT2D eigenvalue weighted by molar-refractivity contribution is 5.86. The minimum atomic E-state index is -0.514. The van der Waals surface area contributed by atoms with Gasteiger partial charge in [0.15, 0.2) is 0 Å². The van der Waals surface area contributed by atoms with Crippen LogP contribution in [-0.4, -0.2) is 29.9 Å². The first kappa shape index (κ1) is 17.5. The van der Waals surface area contributed by atoms with Crippen LogP contribution in [0.3, 0.4) is 0 Å². The number of hydrogen-bond donors (Lipinski definition) is 1. The zero-order chi connectivity index (χ0) is 18.9. The maximum absolute atomic E-state index is 12.6. The number of amides is 1. The third-order valence-electron chi connectivity index (χ3n) is 5.58. The van der Waals surface area contributed by atoms with E-state index in [-0.39, 0.29) is 18.0 Å². The highest BCUT2D eigenvalue weighted by Gasteiger charge is 2.61. The van der Waals surface area contributed by atoms with Gasteiger partial charge in [-0.05, 0) is 23.6 Å². The molecule has 0 radical (unpaired) electrons.